The van der Waals surface area contributed by atoms with Crippen LogP contribution in [0.3, 0.4) is 0 Å². The number of hydrogen-bond donors (Lipinski definition) is 1. The minimum atomic E-state index is 0.195. The summed E-state index contributed by atoms with van der Waals surface area (Å²) in [4.78, 5) is 4.35. The zero-order valence-corrected chi connectivity index (χ0v) is 10.1. The topological polar surface area (TPSA) is 64.9 Å². The number of nitrogens with zero attached hydrogens (tertiary/aromatic N) is 2. The fourth-order valence-electron chi connectivity index (χ4n) is 1.30. The van der Waals surface area contributed by atoms with E-state index < -0.39 is 0 Å². The van der Waals surface area contributed by atoms with Gasteiger partial charge in [-0.1, -0.05) is 32.9 Å². The fraction of sp³-hybridized carbons (Fsp3) is 0.818. The van der Waals surface area contributed by atoms with Gasteiger partial charge >= 0.3 is 0 Å². The predicted octanol–water partition coefficient (Wildman–Crippen LogP) is 1.80. The summed E-state index contributed by atoms with van der Waals surface area (Å²) in [6.45, 7) is 9.20. The van der Waals surface area contributed by atoms with E-state index in [1.54, 1.807) is 0 Å². The Kier molecular flexibility index (Phi) is 3.85. The van der Waals surface area contributed by atoms with Gasteiger partial charge in [0.25, 0.3) is 0 Å². The van der Waals surface area contributed by atoms with Crippen LogP contribution in [-0.4, -0.2) is 16.7 Å². The molecule has 0 aliphatic rings. The van der Waals surface area contributed by atoms with Crippen molar-refractivity contribution >= 4 is 0 Å². The molecule has 1 heterocycles. The van der Waals surface area contributed by atoms with Crippen LogP contribution in [0.5, 0.6) is 0 Å². The normalized spacial score (nSPS) is 14.2. The third-order valence-electron chi connectivity index (χ3n) is 2.12. The molecule has 0 amide bonds. The fourth-order valence-corrected chi connectivity index (χ4v) is 1.30. The summed E-state index contributed by atoms with van der Waals surface area (Å²) in [5, 5.41) is 3.96. The van der Waals surface area contributed by atoms with E-state index >= 15 is 0 Å². The van der Waals surface area contributed by atoms with Crippen LogP contribution >= 0.6 is 0 Å². The lowest BCUT2D eigenvalue weighted by Crippen LogP contribution is -2.13. The summed E-state index contributed by atoms with van der Waals surface area (Å²) < 4.78 is 5.17. The first-order valence-corrected chi connectivity index (χ1v) is 5.42. The van der Waals surface area contributed by atoms with E-state index in [4.69, 9.17) is 10.3 Å². The molecule has 1 aromatic rings. The standard InChI is InChI=1S/C11H21N3O/c1-8(7-12)5-10-13-9(14-15-10)6-11(2,3)4/h8H,5-7,12H2,1-4H3. The van der Waals surface area contributed by atoms with E-state index in [-0.39, 0.29) is 5.41 Å². The summed E-state index contributed by atoms with van der Waals surface area (Å²) in [5.41, 5.74) is 5.73. The molecular formula is C11H21N3O. The second kappa shape index (κ2) is 4.75. The van der Waals surface area contributed by atoms with E-state index in [0.717, 1.165) is 18.7 Å². The van der Waals surface area contributed by atoms with Crippen LogP contribution < -0.4 is 5.73 Å². The van der Waals surface area contributed by atoms with Crippen LogP contribution in [0.15, 0.2) is 4.52 Å². The molecule has 0 spiro atoms. The lowest BCUT2D eigenvalue weighted by molar-refractivity contribution is 0.343. The van der Waals surface area contributed by atoms with E-state index in [0.29, 0.717) is 18.4 Å². The molecule has 1 rings (SSSR count). The van der Waals surface area contributed by atoms with Crippen LogP contribution in [0.25, 0.3) is 0 Å². The van der Waals surface area contributed by atoms with Crippen molar-refractivity contribution in [1.82, 2.24) is 10.1 Å². The molecule has 4 nitrogen and oxygen atoms in total. The SMILES string of the molecule is CC(CN)Cc1nc(CC(C)(C)C)no1. The average Bonchev–Trinajstić information content (AvgIpc) is 2.49. The van der Waals surface area contributed by atoms with Crippen LogP contribution in [0.4, 0.5) is 0 Å². The highest BCUT2D eigenvalue weighted by Gasteiger charge is 2.16. The summed E-state index contributed by atoms with van der Waals surface area (Å²) in [5.74, 6) is 1.89. The lowest BCUT2D eigenvalue weighted by atomic mass is 9.92. The van der Waals surface area contributed by atoms with Gasteiger partial charge in [-0.3, -0.25) is 0 Å². The largest absolute Gasteiger partial charge is 0.339 e. The number of nitrogens with two attached hydrogens (primary N) is 1. The van der Waals surface area contributed by atoms with Crippen molar-refractivity contribution in [2.45, 2.75) is 40.5 Å². The molecule has 1 unspecified atom stereocenters. The lowest BCUT2D eigenvalue weighted by Gasteiger charge is -2.14. The molecule has 1 atom stereocenters. The molecule has 4 heteroatoms. The summed E-state index contributed by atoms with van der Waals surface area (Å²) >= 11 is 0. The van der Waals surface area contributed by atoms with Gasteiger partial charge in [-0.2, -0.15) is 4.98 Å². The molecule has 1 aromatic heterocycles. The Morgan fingerprint density at radius 1 is 1.40 bits per heavy atom. The van der Waals surface area contributed by atoms with Crippen molar-refractivity contribution in [2.24, 2.45) is 17.1 Å². The summed E-state index contributed by atoms with van der Waals surface area (Å²) in [6.07, 6.45) is 1.61. The van der Waals surface area contributed by atoms with Crippen LogP contribution in [0.1, 0.15) is 39.4 Å². The van der Waals surface area contributed by atoms with Gasteiger partial charge in [0.15, 0.2) is 5.82 Å². The summed E-state index contributed by atoms with van der Waals surface area (Å²) in [6, 6.07) is 0. The van der Waals surface area contributed by atoms with Crippen molar-refractivity contribution in [1.29, 1.82) is 0 Å². The average molecular weight is 211 g/mol. The molecule has 2 N–H and O–H groups in total. The van der Waals surface area contributed by atoms with Crippen molar-refractivity contribution in [2.75, 3.05) is 6.54 Å². The molecule has 0 aromatic carbocycles. The molecule has 0 fully saturated rings. The highest BCUT2D eigenvalue weighted by molar-refractivity contribution is 4.90. The quantitative estimate of drug-likeness (QED) is 0.824. The van der Waals surface area contributed by atoms with Crippen molar-refractivity contribution in [3.05, 3.63) is 11.7 Å². The third-order valence-corrected chi connectivity index (χ3v) is 2.12. The van der Waals surface area contributed by atoms with E-state index in [2.05, 4.69) is 37.8 Å². The third kappa shape index (κ3) is 4.42. The van der Waals surface area contributed by atoms with Gasteiger partial charge in [-0.15, -0.1) is 0 Å². The van der Waals surface area contributed by atoms with E-state index in [9.17, 15) is 0 Å². The first-order valence-electron chi connectivity index (χ1n) is 5.42. The van der Waals surface area contributed by atoms with Gasteiger partial charge in [0.2, 0.25) is 5.89 Å². The first kappa shape index (κ1) is 12.2. The van der Waals surface area contributed by atoms with Crippen molar-refractivity contribution in [3.63, 3.8) is 0 Å². The monoisotopic (exact) mass is 211 g/mol. The Bertz CT molecular complexity index is 301. The maximum atomic E-state index is 5.54. The molecule has 15 heavy (non-hydrogen) atoms. The number of hydrogen-bond acceptors (Lipinski definition) is 4. The van der Waals surface area contributed by atoms with Crippen molar-refractivity contribution in [3.8, 4) is 0 Å². The highest BCUT2D eigenvalue weighted by atomic mass is 16.5. The molecule has 0 aliphatic heterocycles. The Morgan fingerprint density at radius 2 is 2.07 bits per heavy atom. The van der Waals surface area contributed by atoms with Gasteiger partial charge in [-0.05, 0) is 17.9 Å². The highest BCUT2D eigenvalue weighted by Crippen LogP contribution is 2.18. The Morgan fingerprint density at radius 3 is 2.60 bits per heavy atom. The van der Waals surface area contributed by atoms with Crippen LogP contribution in [0, 0.1) is 11.3 Å². The van der Waals surface area contributed by atoms with Crippen LogP contribution in [0.2, 0.25) is 0 Å². The predicted molar refractivity (Wildman–Crippen MR) is 59.4 cm³/mol. The maximum Gasteiger partial charge on any atom is 0.226 e. The Hall–Kier alpha value is -0.900. The van der Waals surface area contributed by atoms with E-state index in [1.807, 2.05) is 0 Å². The molecule has 0 saturated carbocycles. The molecule has 86 valence electrons. The van der Waals surface area contributed by atoms with Crippen molar-refractivity contribution < 1.29 is 4.52 Å². The molecule has 0 radical (unpaired) electrons. The molecule has 0 aliphatic carbocycles. The summed E-state index contributed by atoms with van der Waals surface area (Å²) in [7, 11) is 0. The first-order chi connectivity index (χ1) is 6.90. The molecular weight excluding hydrogens is 190 g/mol. The molecule has 0 bridgehead atoms. The smallest absolute Gasteiger partial charge is 0.226 e. The van der Waals surface area contributed by atoms with Gasteiger partial charge in [0.1, 0.15) is 0 Å². The second-order valence-electron chi connectivity index (χ2n) is 5.39. The van der Waals surface area contributed by atoms with Gasteiger partial charge < -0.3 is 10.3 Å². The minimum Gasteiger partial charge on any atom is -0.339 e. The van der Waals surface area contributed by atoms with Crippen LogP contribution in [-0.2, 0) is 12.8 Å². The number of rotatable bonds is 4. The van der Waals surface area contributed by atoms with Gasteiger partial charge in [0, 0.05) is 12.8 Å². The van der Waals surface area contributed by atoms with E-state index in [1.165, 1.54) is 0 Å². The van der Waals surface area contributed by atoms with Gasteiger partial charge in [0.05, 0.1) is 0 Å². The second-order valence-corrected chi connectivity index (χ2v) is 5.39. The zero-order valence-electron chi connectivity index (χ0n) is 10.1. The minimum absolute atomic E-state index is 0.195. The Labute approximate surface area is 91.2 Å². The molecule has 0 saturated heterocycles. The maximum absolute atomic E-state index is 5.54. The van der Waals surface area contributed by atoms with Gasteiger partial charge in [-0.25, -0.2) is 0 Å². The zero-order chi connectivity index (χ0) is 11.5. The number of aromatic nitrogens is 2. The Balaban J connectivity index is 2.56.